The number of hydrogen-bond acceptors (Lipinski definition) is 4. The van der Waals surface area contributed by atoms with Gasteiger partial charge in [0.2, 0.25) is 0 Å². The van der Waals surface area contributed by atoms with Crippen LogP contribution in [0.4, 0.5) is 0 Å². The molecule has 7 heteroatoms. The summed E-state index contributed by atoms with van der Waals surface area (Å²) in [4.78, 5) is 0. The zero-order chi connectivity index (χ0) is 18.4. The Hall–Kier alpha value is -0.110. The molecule has 1 unspecified atom stereocenters. The standard InChI is InChI=1S/C18H30O5S.Na.H/c1-17(2,3)14-18(4,5)16(13-24(19,20)21)23-12-11-22-15-9-7-6-8-10-15;;/h6-10,16H,11-14H2,1-5H3,(H,19,20,21);;. The molecule has 0 aliphatic heterocycles. The zero-order valence-electron chi connectivity index (χ0n) is 15.3. The Kier molecular flexibility index (Phi) is 10.2. The average Bonchev–Trinajstić information content (AvgIpc) is 2.39. The van der Waals surface area contributed by atoms with Crippen molar-refractivity contribution >= 4 is 39.7 Å². The molecule has 0 spiro atoms. The molecule has 0 bridgehead atoms. The van der Waals surface area contributed by atoms with E-state index in [1.807, 2.05) is 44.2 Å². The first-order valence-corrected chi connectivity index (χ1v) is 9.75. The molecule has 0 fully saturated rings. The predicted octanol–water partition coefficient (Wildman–Crippen LogP) is 3.15. The Morgan fingerprint density at radius 3 is 2.08 bits per heavy atom. The van der Waals surface area contributed by atoms with Gasteiger partial charge in [-0.15, -0.1) is 0 Å². The van der Waals surface area contributed by atoms with Gasteiger partial charge in [0.1, 0.15) is 18.1 Å². The number of hydrogen-bond donors (Lipinski definition) is 1. The molecule has 1 N–H and O–H groups in total. The van der Waals surface area contributed by atoms with Crippen LogP contribution < -0.4 is 4.74 Å². The van der Waals surface area contributed by atoms with Crippen LogP contribution in [-0.4, -0.2) is 67.6 Å². The molecule has 0 aromatic heterocycles. The van der Waals surface area contributed by atoms with Crippen LogP contribution in [0.15, 0.2) is 30.3 Å². The van der Waals surface area contributed by atoms with Gasteiger partial charge in [-0.3, -0.25) is 4.55 Å². The summed E-state index contributed by atoms with van der Waals surface area (Å²) in [6.07, 6.45) is 0.158. The summed E-state index contributed by atoms with van der Waals surface area (Å²) in [6.45, 7) is 10.8. The number of ether oxygens (including phenoxy) is 2. The molecule has 0 saturated carbocycles. The second-order valence-corrected chi connectivity index (χ2v) is 9.49. The molecule has 1 atom stereocenters. The van der Waals surface area contributed by atoms with E-state index in [1.165, 1.54) is 0 Å². The van der Waals surface area contributed by atoms with E-state index in [0.29, 0.717) is 6.61 Å². The summed E-state index contributed by atoms with van der Waals surface area (Å²) < 4.78 is 43.3. The molecular weight excluding hydrogens is 351 g/mol. The summed E-state index contributed by atoms with van der Waals surface area (Å²) in [7, 11) is -4.12. The van der Waals surface area contributed by atoms with E-state index in [9.17, 15) is 13.0 Å². The van der Waals surface area contributed by atoms with Crippen molar-refractivity contribution in [2.45, 2.75) is 47.1 Å². The first kappa shape index (κ1) is 24.9. The normalized spacial score (nSPS) is 13.8. The van der Waals surface area contributed by atoms with Gasteiger partial charge in [0.05, 0.1) is 12.7 Å². The average molecular weight is 382 g/mol. The van der Waals surface area contributed by atoms with Crippen LogP contribution in [0.3, 0.4) is 0 Å². The van der Waals surface area contributed by atoms with Crippen molar-refractivity contribution in [1.29, 1.82) is 0 Å². The second-order valence-electron chi connectivity index (χ2n) is 8.00. The molecular formula is C18H31NaO5S. The first-order chi connectivity index (χ1) is 10.9. The Balaban J connectivity index is 0.00000576. The summed E-state index contributed by atoms with van der Waals surface area (Å²) in [5.74, 6) is 0.322. The summed E-state index contributed by atoms with van der Waals surface area (Å²) >= 11 is 0. The van der Waals surface area contributed by atoms with E-state index in [4.69, 9.17) is 9.47 Å². The molecule has 140 valence electrons. The minimum absolute atomic E-state index is 0. The van der Waals surface area contributed by atoms with Crippen LogP contribution in [0.2, 0.25) is 0 Å². The third-order valence-electron chi connectivity index (χ3n) is 3.63. The van der Waals surface area contributed by atoms with Crippen LogP contribution in [0.1, 0.15) is 41.0 Å². The molecule has 0 amide bonds. The maximum absolute atomic E-state index is 11.4. The van der Waals surface area contributed by atoms with E-state index in [2.05, 4.69) is 20.8 Å². The van der Waals surface area contributed by atoms with Gasteiger partial charge < -0.3 is 9.47 Å². The fraction of sp³-hybridized carbons (Fsp3) is 0.667. The Bertz CT molecular complexity index is 594. The predicted molar refractivity (Wildman–Crippen MR) is 103 cm³/mol. The van der Waals surface area contributed by atoms with E-state index in [-0.39, 0.29) is 41.6 Å². The van der Waals surface area contributed by atoms with Crippen molar-refractivity contribution in [3.05, 3.63) is 30.3 Å². The van der Waals surface area contributed by atoms with Crippen LogP contribution in [0.25, 0.3) is 0 Å². The van der Waals surface area contributed by atoms with Gasteiger partial charge >= 0.3 is 29.6 Å². The van der Waals surface area contributed by atoms with E-state index >= 15 is 0 Å². The van der Waals surface area contributed by atoms with Gasteiger partial charge in [-0.2, -0.15) is 8.42 Å². The van der Waals surface area contributed by atoms with Gasteiger partial charge in [-0.05, 0) is 29.4 Å². The van der Waals surface area contributed by atoms with Crippen LogP contribution in [0.5, 0.6) is 5.75 Å². The van der Waals surface area contributed by atoms with Gasteiger partial charge in [-0.25, -0.2) is 0 Å². The summed E-state index contributed by atoms with van der Waals surface area (Å²) in [5.41, 5.74) is -0.383. The summed E-state index contributed by atoms with van der Waals surface area (Å²) in [6, 6.07) is 9.35. The van der Waals surface area contributed by atoms with Crippen molar-refractivity contribution in [2.24, 2.45) is 10.8 Å². The molecule has 1 aromatic carbocycles. The van der Waals surface area contributed by atoms with E-state index < -0.39 is 27.4 Å². The Morgan fingerprint density at radius 1 is 1.04 bits per heavy atom. The molecule has 25 heavy (non-hydrogen) atoms. The summed E-state index contributed by atoms with van der Waals surface area (Å²) in [5, 5.41) is 0. The van der Waals surface area contributed by atoms with Crippen molar-refractivity contribution in [3.63, 3.8) is 0 Å². The topological polar surface area (TPSA) is 72.8 Å². The Labute approximate surface area is 174 Å². The third-order valence-corrected chi connectivity index (χ3v) is 4.36. The van der Waals surface area contributed by atoms with Crippen molar-refractivity contribution < 1.29 is 22.4 Å². The van der Waals surface area contributed by atoms with Gasteiger partial charge in [0.15, 0.2) is 0 Å². The molecule has 1 rings (SSSR count). The fourth-order valence-corrected chi connectivity index (χ4v) is 3.97. The second kappa shape index (κ2) is 10.3. The van der Waals surface area contributed by atoms with Crippen molar-refractivity contribution in [1.82, 2.24) is 0 Å². The quantitative estimate of drug-likeness (QED) is 0.403. The minimum atomic E-state index is -4.12. The molecule has 0 heterocycles. The van der Waals surface area contributed by atoms with Crippen LogP contribution >= 0.6 is 0 Å². The van der Waals surface area contributed by atoms with E-state index in [1.54, 1.807) is 0 Å². The molecule has 5 nitrogen and oxygen atoms in total. The van der Waals surface area contributed by atoms with E-state index in [0.717, 1.165) is 12.2 Å². The number of para-hydroxylation sites is 1. The third kappa shape index (κ3) is 11.3. The van der Waals surface area contributed by atoms with Gasteiger partial charge in [0, 0.05) is 0 Å². The molecule has 0 radical (unpaired) electrons. The molecule has 1 aromatic rings. The number of rotatable bonds is 9. The molecule has 0 saturated heterocycles. The van der Waals surface area contributed by atoms with Crippen LogP contribution in [0, 0.1) is 10.8 Å². The molecule has 0 aliphatic carbocycles. The molecule has 0 aliphatic rings. The first-order valence-electron chi connectivity index (χ1n) is 8.14. The number of benzene rings is 1. The maximum atomic E-state index is 11.4. The van der Waals surface area contributed by atoms with Gasteiger partial charge in [0.25, 0.3) is 10.1 Å². The van der Waals surface area contributed by atoms with Gasteiger partial charge in [-0.1, -0.05) is 52.8 Å². The monoisotopic (exact) mass is 382 g/mol. The fourth-order valence-electron chi connectivity index (χ4n) is 3.04. The van der Waals surface area contributed by atoms with Crippen molar-refractivity contribution in [3.8, 4) is 5.75 Å². The van der Waals surface area contributed by atoms with Crippen molar-refractivity contribution in [2.75, 3.05) is 19.0 Å². The SMILES string of the molecule is CC(C)(C)CC(C)(C)C(CS(=O)(=O)O)OCCOc1ccccc1.[NaH]. The van der Waals surface area contributed by atoms with Crippen LogP contribution in [-0.2, 0) is 14.9 Å². The Morgan fingerprint density at radius 2 is 1.60 bits per heavy atom. The zero-order valence-corrected chi connectivity index (χ0v) is 16.1.